The highest BCUT2D eigenvalue weighted by atomic mass is 79.9. The monoisotopic (exact) mass is 530 g/mol. The summed E-state index contributed by atoms with van der Waals surface area (Å²) >= 11 is 7.10. The molecule has 4 aromatic rings. The summed E-state index contributed by atoms with van der Waals surface area (Å²) < 4.78 is 13.1. The molecule has 0 heterocycles. The average Bonchev–Trinajstić information content (AvgIpc) is 2.71. The zero-order chi connectivity index (χ0) is 21.4. The van der Waals surface area contributed by atoms with E-state index in [1.165, 1.54) is 0 Å². The lowest BCUT2D eigenvalue weighted by molar-refractivity contribution is 0.338. The average molecular weight is 532 g/mol. The number of rotatable bonds is 5. The summed E-state index contributed by atoms with van der Waals surface area (Å²) in [5.74, 6) is 1.51. The minimum atomic E-state index is 0.0796. The van der Waals surface area contributed by atoms with E-state index in [1.807, 2.05) is 50.2 Å². The van der Waals surface area contributed by atoms with Crippen molar-refractivity contribution in [3.63, 3.8) is 0 Å². The van der Waals surface area contributed by atoms with Gasteiger partial charge in [0.2, 0.25) is 0 Å². The highest BCUT2D eigenvalue weighted by molar-refractivity contribution is 9.11. The van der Waals surface area contributed by atoms with Gasteiger partial charge in [-0.25, -0.2) is 0 Å². The molecule has 30 heavy (non-hydrogen) atoms. The molecule has 0 fully saturated rings. The summed E-state index contributed by atoms with van der Waals surface area (Å²) in [5, 5.41) is 25.1. The molecule has 4 rings (SSSR count). The van der Waals surface area contributed by atoms with Crippen molar-refractivity contribution < 1.29 is 19.7 Å². The van der Waals surface area contributed by atoms with Crippen LogP contribution in [0.3, 0.4) is 0 Å². The van der Waals surface area contributed by atoms with E-state index in [2.05, 4.69) is 31.9 Å². The lowest BCUT2D eigenvalue weighted by atomic mass is 9.92. The van der Waals surface area contributed by atoms with Crippen molar-refractivity contribution in [1.29, 1.82) is 0 Å². The van der Waals surface area contributed by atoms with Crippen LogP contribution in [0.4, 0.5) is 0 Å². The predicted molar refractivity (Wildman–Crippen MR) is 128 cm³/mol. The molecule has 0 saturated carbocycles. The number of hydrogen-bond donors (Lipinski definition) is 2. The maximum absolute atomic E-state index is 10.9. The van der Waals surface area contributed by atoms with Crippen LogP contribution in [-0.2, 0) is 0 Å². The third-order valence-corrected chi connectivity index (χ3v) is 6.19. The number of fused-ring (bicyclic) bond motifs is 2. The van der Waals surface area contributed by atoms with Crippen molar-refractivity contribution >= 4 is 53.4 Å². The number of ether oxygens (including phenoxy) is 2. The van der Waals surface area contributed by atoms with Crippen LogP contribution in [0.2, 0.25) is 0 Å². The molecule has 0 saturated heterocycles. The molecule has 0 radical (unpaired) electrons. The largest absolute Gasteiger partial charge is 0.507 e. The van der Waals surface area contributed by atoms with Gasteiger partial charge in [0.05, 0.1) is 22.2 Å². The van der Waals surface area contributed by atoms with Crippen LogP contribution in [-0.4, -0.2) is 23.4 Å². The van der Waals surface area contributed by atoms with Crippen LogP contribution in [0.1, 0.15) is 13.8 Å². The molecule has 4 nitrogen and oxygen atoms in total. The molecule has 0 aliphatic rings. The second-order valence-corrected chi connectivity index (χ2v) is 8.50. The second-order valence-electron chi connectivity index (χ2n) is 6.79. The Hall–Kier alpha value is -2.44. The molecule has 0 atom stereocenters. The molecule has 4 aromatic carbocycles. The fourth-order valence-electron chi connectivity index (χ4n) is 3.68. The number of hydrogen-bond acceptors (Lipinski definition) is 4. The van der Waals surface area contributed by atoms with Gasteiger partial charge >= 0.3 is 0 Å². The van der Waals surface area contributed by atoms with Gasteiger partial charge in [-0.05, 0) is 104 Å². The van der Waals surface area contributed by atoms with Crippen molar-refractivity contribution in [3.05, 3.63) is 57.5 Å². The number of halogens is 2. The summed E-state index contributed by atoms with van der Waals surface area (Å²) in [5.41, 5.74) is 1.10. The van der Waals surface area contributed by atoms with E-state index in [9.17, 15) is 10.2 Å². The maximum atomic E-state index is 10.9. The molecule has 0 unspecified atom stereocenters. The smallest absolute Gasteiger partial charge is 0.134 e. The first-order chi connectivity index (χ1) is 14.4. The van der Waals surface area contributed by atoms with Crippen molar-refractivity contribution in [2.45, 2.75) is 13.8 Å². The fraction of sp³-hybridized carbons (Fsp3) is 0.167. The maximum Gasteiger partial charge on any atom is 0.134 e. The minimum absolute atomic E-state index is 0.0796. The number of phenolic OH excluding ortho intramolecular Hbond substituents is 2. The lowest BCUT2D eigenvalue weighted by Gasteiger charge is -2.17. The summed E-state index contributed by atoms with van der Waals surface area (Å²) in [6.07, 6.45) is 0. The van der Waals surface area contributed by atoms with Gasteiger partial charge in [0.25, 0.3) is 0 Å². The molecule has 154 valence electrons. The molecule has 2 N–H and O–H groups in total. The lowest BCUT2D eigenvalue weighted by Crippen LogP contribution is -1.95. The Labute approximate surface area is 191 Å². The van der Waals surface area contributed by atoms with Gasteiger partial charge in [0, 0.05) is 11.1 Å². The third-order valence-electron chi connectivity index (χ3n) is 4.95. The van der Waals surface area contributed by atoms with Crippen LogP contribution in [0, 0.1) is 0 Å². The van der Waals surface area contributed by atoms with Crippen molar-refractivity contribution in [1.82, 2.24) is 0 Å². The van der Waals surface area contributed by atoms with E-state index in [0.717, 1.165) is 30.5 Å². The number of aromatic hydroxyl groups is 2. The fourth-order valence-corrected chi connectivity index (χ4v) is 4.64. The Morgan fingerprint density at radius 3 is 1.43 bits per heavy atom. The van der Waals surface area contributed by atoms with E-state index in [-0.39, 0.29) is 11.5 Å². The van der Waals surface area contributed by atoms with Crippen molar-refractivity contribution in [2.24, 2.45) is 0 Å². The van der Waals surface area contributed by atoms with E-state index in [0.29, 0.717) is 35.8 Å². The molecule has 0 aromatic heterocycles. The molecular formula is C24H20Br2O4. The van der Waals surface area contributed by atoms with Gasteiger partial charge in [-0.2, -0.15) is 0 Å². The Morgan fingerprint density at radius 1 is 0.667 bits per heavy atom. The van der Waals surface area contributed by atoms with Crippen LogP contribution in [0.15, 0.2) is 57.5 Å². The zero-order valence-electron chi connectivity index (χ0n) is 16.5. The summed E-state index contributed by atoms with van der Waals surface area (Å²) in [4.78, 5) is 0. The van der Waals surface area contributed by atoms with Crippen LogP contribution in [0.25, 0.3) is 32.7 Å². The first-order valence-electron chi connectivity index (χ1n) is 9.61. The van der Waals surface area contributed by atoms with Gasteiger partial charge in [-0.3, -0.25) is 0 Å². The highest BCUT2D eigenvalue weighted by Gasteiger charge is 2.19. The Kier molecular flexibility index (Phi) is 5.80. The van der Waals surface area contributed by atoms with Crippen molar-refractivity contribution in [2.75, 3.05) is 13.2 Å². The zero-order valence-corrected chi connectivity index (χ0v) is 19.7. The SMILES string of the molecule is CCOc1cc2c(-c3c(O)ccc4cc(Br)c(OCC)cc34)c(O)ccc2cc1Br. The molecular weight excluding hydrogens is 512 g/mol. The summed E-state index contributed by atoms with van der Waals surface area (Å²) in [6, 6.07) is 14.7. The van der Waals surface area contributed by atoms with Gasteiger partial charge in [-0.15, -0.1) is 0 Å². The Balaban J connectivity index is 2.11. The Morgan fingerprint density at radius 2 is 1.07 bits per heavy atom. The number of benzene rings is 4. The van der Waals surface area contributed by atoms with Gasteiger partial charge in [-0.1, -0.05) is 12.1 Å². The minimum Gasteiger partial charge on any atom is -0.507 e. The molecule has 6 heteroatoms. The van der Waals surface area contributed by atoms with Crippen molar-refractivity contribution in [3.8, 4) is 34.1 Å². The van der Waals surface area contributed by atoms with E-state index in [1.54, 1.807) is 12.1 Å². The predicted octanol–water partition coefficient (Wildman–Crippen LogP) is 7.39. The van der Waals surface area contributed by atoms with Gasteiger partial charge < -0.3 is 19.7 Å². The Bertz CT molecular complexity index is 1170. The summed E-state index contributed by atoms with van der Waals surface area (Å²) in [7, 11) is 0. The van der Waals surface area contributed by atoms with Crippen LogP contribution in [0.5, 0.6) is 23.0 Å². The first kappa shape index (κ1) is 20.8. The normalized spacial score (nSPS) is 11.2. The third kappa shape index (κ3) is 3.59. The topological polar surface area (TPSA) is 58.9 Å². The van der Waals surface area contributed by atoms with Gasteiger partial charge in [0.15, 0.2) is 0 Å². The highest BCUT2D eigenvalue weighted by Crippen LogP contribution is 2.47. The summed E-state index contributed by atoms with van der Waals surface area (Å²) in [6.45, 7) is 4.88. The molecule has 0 aliphatic heterocycles. The molecule has 0 spiro atoms. The quantitative estimate of drug-likeness (QED) is 0.282. The first-order valence-corrected chi connectivity index (χ1v) is 11.2. The second kappa shape index (κ2) is 8.36. The van der Waals surface area contributed by atoms with E-state index >= 15 is 0 Å². The molecule has 0 bridgehead atoms. The standard InChI is InChI=1S/C24H20Br2O4/c1-3-29-21-11-15-13(9-17(21)25)5-7-19(27)23(15)24-16-12-22(30-4-2)18(26)10-14(16)6-8-20(24)28/h5-12,27-28H,3-4H2,1-2H3. The number of phenols is 2. The van der Waals surface area contributed by atoms with Gasteiger partial charge in [0.1, 0.15) is 23.0 Å². The van der Waals surface area contributed by atoms with E-state index < -0.39 is 0 Å². The van der Waals surface area contributed by atoms with Crippen LogP contribution >= 0.6 is 31.9 Å². The van der Waals surface area contributed by atoms with E-state index in [4.69, 9.17) is 9.47 Å². The molecule has 0 aliphatic carbocycles. The molecule has 0 amide bonds. The van der Waals surface area contributed by atoms with Crippen LogP contribution < -0.4 is 9.47 Å².